The number of aromatic nitrogens is 4. The minimum atomic E-state index is 0.660. The second kappa shape index (κ2) is 5.01. The molecule has 1 aliphatic rings. The standard InChI is InChI=1S/C12H16N4S2/c1-3-16-11(9-4-5-9)14-15-12(16)18-7-10-6-17-8(2)13-10/h6,9H,3-5,7H2,1-2H3. The fourth-order valence-electron chi connectivity index (χ4n) is 1.96. The maximum absolute atomic E-state index is 4.48. The summed E-state index contributed by atoms with van der Waals surface area (Å²) < 4.78 is 2.25. The van der Waals surface area contributed by atoms with Gasteiger partial charge >= 0.3 is 0 Å². The van der Waals surface area contributed by atoms with Crippen molar-refractivity contribution in [2.45, 2.75) is 50.1 Å². The zero-order chi connectivity index (χ0) is 12.5. The molecule has 0 radical (unpaired) electrons. The van der Waals surface area contributed by atoms with Crippen LogP contribution < -0.4 is 0 Å². The first-order valence-electron chi connectivity index (χ1n) is 6.25. The molecule has 2 aromatic heterocycles. The minimum Gasteiger partial charge on any atom is -0.306 e. The van der Waals surface area contributed by atoms with Gasteiger partial charge in [0.2, 0.25) is 0 Å². The van der Waals surface area contributed by atoms with Gasteiger partial charge in [0.1, 0.15) is 5.82 Å². The van der Waals surface area contributed by atoms with Crippen LogP contribution in [0.2, 0.25) is 0 Å². The Morgan fingerprint density at radius 1 is 1.44 bits per heavy atom. The van der Waals surface area contributed by atoms with E-state index in [4.69, 9.17) is 0 Å². The number of hydrogen-bond donors (Lipinski definition) is 0. The maximum Gasteiger partial charge on any atom is 0.191 e. The van der Waals surface area contributed by atoms with Crippen molar-refractivity contribution in [3.63, 3.8) is 0 Å². The van der Waals surface area contributed by atoms with Gasteiger partial charge in [0.15, 0.2) is 5.16 Å². The third-order valence-electron chi connectivity index (χ3n) is 3.02. The van der Waals surface area contributed by atoms with Crippen LogP contribution in [0.3, 0.4) is 0 Å². The van der Waals surface area contributed by atoms with Crippen molar-refractivity contribution in [1.29, 1.82) is 0 Å². The summed E-state index contributed by atoms with van der Waals surface area (Å²) in [6.45, 7) is 5.15. The van der Waals surface area contributed by atoms with Gasteiger partial charge in [-0.3, -0.25) is 0 Å². The normalized spacial score (nSPS) is 15.2. The summed E-state index contributed by atoms with van der Waals surface area (Å²) in [6.07, 6.45) is 2.54. The second-order valence-electron chi connectivity index (χ2n) is 4.51. The molecular weight excluding hydrogens is 264 g/mol. The second-order valence-corrected chi connectivity index (χ2v) is 6.51. The largest absolute Gasteiger partial charge is 0.306 e. The molecule has 0 amide bonds. The van der Waals surface area contributed by atoms with E-state index in [0.29, 0.717) is 5.92 Å². The molecule has 0 aliphatic heterocycles. The lowest BCUT2D eigenvalue weighted by molar-refractivity contribution is 0.643. The van der Waals surface area contributed by atoms with Crippen LogP contribution in [0, 0.1) is 6.92 Å². The predicted octanol–water partition coefficient (Wildman–Crippen LogP) is 3.23. The number of aryl methyl sites for hydroxylation is 1. The van der Waals surface area contributed by atoms with Crippen LogP contribution in [-0.4, -0.2) is 19.7 Å². The highest BCUT2D eigenvalue weighted by atomic mass is 32.2. The molecule has 0 atom stereocenters. The third-order valence-corrected chi connectivity index (χ3v) is 4.84. The Hall–Kier alpha value is -0.880. The number of nitrogens with zero attached hydrogens (tertiary/aromatic N) is 4. The van der Waals surface area contributed by atoms with Gasteiger partial charge in [-0.15, -0.1) is 21.5 Å². The molecule has 0 saturated heterocycles. The Morgan fingerprint density at radius 2 is 2.28 bits per heavy atom. The fourth-order valence-corrected chi connectivity index (χ4v) is 3.58. The maximum atomic E-state index is 4.48. The molecule has 1 saturated carbocycles. The topological polar surface area (TPSA) is 43.6 Å². The Kier molecular flexibility index (Phi) is 3.39. The van der Waals surface area contributed by atoms with E-state index in [0.717, 1.165) is 28.2 Å². The smallest absolute Gasteiger partial charge is 0.191 e. The van der Waals surface area contributed by atoms with Gasteiger partial charge in [-0.05, 0) is 26.7 Å². The lowest BCUT2D eigenvalue weighted by Crippen LogP contribution is -2.02. The molecule has 2 aromatic rings. The quantitative estimate of drug-likeness (QED) is 0.789. The third kappa shape index (κ3) is 2.44. The van der Waals surface area contributed by atoms with Crippen LogP contribution in [0.4, 0.5) is 0 Å². The molecule has 3 rings (SSSR count). The lowest BCUT2D eigenvalue weighted by atomic mass is 10.4. The fraction of sp³-hybridized carbons (Fsp3) is 0.583. The monoisotopic (exact) mass is 280 g/mol. The van der Waals surface area contributed by atoms with Gasteiger partial charge in [0, 0.05) is 23.6 Å². The van der Waals surface area contributed by atoms with Crippen molar-refractivity contribution in [2.24, 2.45) is 0 Å². The van der Waals surface area contributed by atoms with Crippen molar-refractivity contribution in [3.05, 3.63) is 21.9 Å². The molecule has 6 heteroatoms. The minimum absolute atomic E-state index is 0.660. The lowest BCUT2D eigenvalue weighted by Gasteiger charge is -2.05. The molecule has 0 aromatic carbocycles. The van der Waals surface area contributed by atoms with Gasteiger partial charge < -0.3 is 4.57 Å². The summed E-state index contributed by atoms with van der Waals surface area (Å²) in [4.78, 5) is 4.48. The molecule has 1 aliphatic carbocycles. The Balaban J connectivity index is 1.72. The van der Waals surface area contributed by atoms with Crippen LogP contribution in [0.1, 0.15) is 42.2 Å². The molecule has 0 unspecified atom stereocenters. The molecule has 4 nitrogen and oxygen atoms in total. The van der Waals surface area contributed by atoms with Crippen LogP contribution in [0.15, 0.2) is 10.5 Å². The van der Waals surface area contributed by atoms with Crippen LogP contribution >= 0.6 is 23.1 Å². The first-order chi connectivity index (χ1) is 8.78. The zero-order valence-electron chi connectivity index (χ0n) is 10.6. The molecule has 2 heterocycles. The van der Waals surface area contributed by atoms with Crippen molar-refractivity contribution in [3.8, 4) is 0 Å². The number of rotatable bonds is 5. The zero-order valence-corrected chi connectivity index (χ0v) is 12.2. The van der Waals surface area contributed by atoms with E-state index in [9.17, 15) is 0 Å². The van der Waals surface area contributed by atoms with Crippen LogP contribution in [0.5, 0.6) is 0 Å². The van der Waals surface area contributed by atoms with Crippen molar-refractivity contribution in [1.82, 2.24) is 19.7 Å². The van der Waals surface area contributed by atoms with E-state index in [1.807, 2.05) is 6.92 Å². The summed E-state index contributed by atoms with van der Waals surface area (Å²) in [6, 6.07) is 0. The van der Waals surface area contributed by atoms with Gasteiger partial charge in [-0.1, -0.05) is 11.8 Å². The number of hydrogen-bond acceptors (Lipinski definition) is 5. The Bertz CT molecular complexity index is 542. The summed E-state index contributed by atoms with van der Waals surface area (Å²) in [5, 5.41) is 12.9. The van der Waals surface area contributed by atoms with E-state index < -0.39 is 0 Å². The molecule has 0 N–H and O–H groups in total. The van der Waals surface area contributed by atoms with Crippen molar-refractivity contribution >= 4 is 23.1 Å². The Labute approximate surface area is 115 Å². The van der Waals surface area contributed by atoms with Gasteiger partial charge in [0.05, 0.1) is 10.7 Å². The molecular formula is C12H16N4S2. The summed E-state index contributed by atoms with van der Waals surface area (Å²) in [5.41, 5.74) is 1.14. The molecule has 0 bridgehead atoms. The van der Waals surface area contributed by atoms with Gasteiger partial charge in [-0.25, -0.2) is 4.98 Å². The van der Waals surface area contributed by atoms with E-state index >= 15 is 0 Å². The highest BCUT2D eigenvalue weighted by Crippen LogP contribution is 2.40. The van der Waals surface area contributed by atoms with Gasteiger partial charge in [-0.2, -0.15) is 0 Å². The van der Waals surface area contributed by atoms with Crippen LogP contribution in [0.25, 0.3) is 0 Å². The molecule has 0 spiro atoms. The molecule has 18 heavy (non-hydrogen) atoms. The molecule has 96 valence electrons. The first-order valence-corrected chi connectivity index (χ1v) is 8.11. The summed E-state index contributed by atoms with van der Waals surface area (Å²) >= 11 is 3.44. The Morgan fingerprint density at radius 3 is 2.89 bits per heavy atom. The van der Waals surface area contributed by atoms with Crippen molar-refractivity contribution in [2.75, 3.05) is 0 Å². The van der Waals surface area contributed by atoms with Crippen molar-refractivity contribution < 1.29 is 0 Å². The summed E-state index contributed by atoms with van der Waals surface area (Å²) in [7, 11) is 0. The highest BCUT2D eigenvalue weighted by molar-refractivity contribution is 7.98. The van der Waals surface area contributed by atoms with E-state index in [1.54, 1.807) is 23.1 Å². The summed E-state index contributed by atoms with van der Waals surface area (Å²) in [5.74, 6) is 2.72. The highest BCUT2D eigenvalue weighted by Gasteiger charge is 2.29. The van der Waals surface area contributed by atoms with E-state index in [1.165, 1.54) is 18.7 Å². The SMILES string of the molecule is CCn1c(SCc2csc(C)n2)nnc1C1CC1. The average Bonchev–Trinajstić information content (AvgIpc) is 3.00. The first kappa shape index (κ1) is 12.2. The van der Waals surface area contributed by atoms with E-state index in [-0.39, 0.29) is 0 Å². The van der Waals surface area contributed by atoms with Crippen LogP contribution in [-0.2, 0) is 12.3 Å². The molecule has 1 fully saturated rings. The van der Waals surface area contributed by atoms with Gasteiger partial charge in [0.25, 0.3) is 0 Å². The average molecular weight is 280 g/mol. The predicted molar refractivity (Wildman–Crippen MR) is 74.1 cm³/mol. The number of thioether (sulfide) groups is 1. The van der Waals surface area contributed by atoms with E-state index in [2.05, 4.69) is 32.1 Å². The number of thiazole rings is 1.